The summed E-state index contributed by atoms with van der Waals surface area (Å²) in [6.07, 6.45) is -3.16. The Bertz CT molecular complexity index is 519. The number of nitro benzene ring substituents is 1. The van der Waals surface area contributed by atoms with Crippen LogP contribution in [0.5, 0.6) is 0 Å². The molecule has 2 N–H and O–H groups in total. The van der Waals surface area contributed by atoms with Gasteiger partial charge in [0.25, 0.3) is 5.69 Å². The molecule has 1 aromatic rings. The van der Waals surface area contributed by atoms with Crippen molar-refractivity contribution in [3.05, 3.63) is 33.9 Å². The van der Waals surface area contributed by atoms with Crippen LogP contribution < -0.4 is 10.6 Å². The minimum absolute atomic E-state index is 0.0433. The van der Waals surface area contributed by atoms with Gasteiger partial charge >= 0.3 is 6.18 Å². The lowest BCUT2D eigenvalue weighted by Crippen LogP contribution is -2.43. The topological polar surface area (TPSA) is 72.4 Å². The molecule has 0 radical (unpaired) electrons. The number of nitrogens with zero attached hydrogens (tertiary/aromatic N) is 2. The number of piperidine rings is 1. The summed E-state index contributed by atoms with van der Waals surface area (Å²) in [6.45, 7) is 0.787. The molecule has 0 spiro atoms. The minimum Gasteiger partial charge on any atom is -0.369 e. The number of non-ortho nitro benzene ring substituents is 1. The summed E-state index contributed by atoms with van der Waals surface area (Å²) < 4.78 is 39.2. The molecule has 1 fully saturated rings. The molecule has 5 nitrogen and oxygen atoms in total. The third-order valence-electron chi connectivity index (χ3n) is 3.29. The summed E-state index contributed by atoms with van der Waals surface area (Å²) in [5.41, 5.74) is 4.17. The number of nitro groups is 1. The number of hydrogen-bond acceptors (Lipinski definition) is 4. The second kappa shape index (κ2) is 5.28. The van der Waals surface area contributed by atoms with Gasteiger partial charge in [-0.1, -0.05) is 0 Å². The lowest BCUT2D eigenvalue weighted by Gasteiger charge is -2.34. The van der Waals surface area contributed by atoms with Crippen LogP contribution in [-0.4, -0.2) is 24.1 Å². The molecule has 0 amide bonds. The zero-order valence-corrected chi connectivity index (χ0v) is 10.6. The van der Waals surface area contributed by atoms with Gasteiger partial charge < -0.3 is 10.6 Å². The molecule has 2 rings (SSSR count). The summed E-state index contributed by atoms with van der Waals surface area (Å²) in [5, 5.41) is 10.6. The van der Waals surface area contributed by atoms with Gasteiger partial charge in [0.2, 0.25) is 0 Å². The van der Waals surface area contributed by atoms with E-state index in [1.807, 2.05) is 0 Å². The van der Waals surface area contributed by atoms with E-state index in [2.05, 4.69) is 0 Å². The largest absolute Gasteiger partial charge is 0.418 e. The summed E-state index contributed by atoms with van der Waals surface area (Å²) in [5.74, 6) is 0. The molecule has 0 aromatic heterocycles. The molecule has 1 saturated heterocycles. The van der Waals surface area contributed by atoms with Crippen molar-refractivity contribution in [2.45, 2.75) is 25.1 Å². The molecule has 1 aliphatic heterocycles. The Balaban J connectivity index is 2.43. The third-order valence-corrected chi connectivity index (χ3v) is 3.29. The third kappa shape index (κ3) is 3.01. The van der Waals surface area contributed by atoms with Gasteiger partial charge in [0.15, 0.2) is 0 Å². The second-order valence-corrected chi connectivity index (χ2v) is 4.80. The van der Waals surface area contributed by atoms with E-state index in [1.54, 1.807) is 4.90 Å². The maximum Gasteiger partial charge on any atom is 0.418 e. The SMILES string of the molecule is NC1CCCN(c2ccc([N+](=O)[O-])cc2C(F)(F)F)C1. The summed E-state index contributed by atoms with van der Waals surface area (Å²) >= 11 is 0. The van der Waals surface area contributed by atoms with Gasteiger partial charge in [-0.25, -0.2) is 0 Å². The number of nitrogens with two attached hydrogens (primary N) is 1. The second-order valence-electron chi connectivity index (χ2n) is 4.80. The Morgan fingerprint density at radius 3 is 2.65 bits per heavy atom. The lowest BCUT2D eigenvalue weighted by molar-refractivity contribution is -0.385. The fourth-order valence-electron chi connectivity index (χ4n) is 2.37. The van der Waals surface area contributed by atoms with Crippen LogP contribution >= 0.6 is 0 Å². The average Bonchev–Trinajstić information content (AvgIpc) is 2.37. The number of alkyl halides is 3. The number of benzene rings is 1. The van der Waals surface area contributed by atoms with Crippen molar-refractivity contribution >= 4 is 11.4 Å². The number of rotatable bonds is 2. The maximum atomic E-state index is 13.1. The first kappa shape index (κ1) is 14.6. The van der Waals surface area contributed by atoms with E-state index in [0.29, 0.717) is 25.6 Å². The van der Waals surface area contributed by atoms with E-state index < -0.39 is 22.4 Å². The number of hydrogen-bond donors (Lipinski definition) is 1. The molecule has 0 saturated carbocycles. The zero-order chi connectivity index (χ0) is 14.9. The first-order chi connectivity index (χ1) is 9.29. The van der Waals surface area contributed by atoms with Crippen LogP contribution in [-0.2, 0) is 6.18 Å². The Labute approximate surface area is 113 Å². The van der Waals surface area contributed by atoms with Crippen LogP contribution in [0.4, 0.5) is 24.5 Å². The van der Waals surface area contributed by atoms with Gasteiger partial charge in [0.1, 0.15) is 0 Å². The molecule has 0 aliphatic carbocycles. The average molecular weight is 289 g/mol. The van der Waals surface area contributed by atoms with Gasteiger partial charge in [-0.2, -0.15) is 13.2 Å². The molecule has 1 unspecified atom stereocenters. The Hall–Kier alpha value is -1.83. The minimum atomic E-state index is -4.64. The van der Waals surface area contributed by atoms with E-state index in [4.69, 9.17) is 5.73 Å². The molecule has 1 heterocycles. The molecule has 1 aromatic carbocycles. The fraction of sp³-hybridized carbons (Fsp3) is 0.500. The molecule has 110 valence electrons. The predicted octanol–water partition coefficient (Wildman–Crippen LogP) is 2.54. The van der Waals surface area contributed by atoms with Gasteiger partial charge in [-0.15, -0.1) is 0 Å². The van der Waals surface area contributed by atoms with Crippen molar-refractivity contribution in [2.75, 3.05) is 18.0 Å². The molecule has 1 atom stereocenters. The van der Waals surface area contributed by atoms with E-state index in [1.165, 1.54) is 0 Å². The number of anilines is 1. The Kier molecular flexibility index (Phi) is 3.85. The highest BCUT2D eigenvalue weighted by Gasteiger charge is 2.37. The van der Waals surface area contributed by atoms with Gasteiger partial charge in [0.05, 0.1) is 10.5 Å². The maximum absolute atomic E-state index is 13.1. The Morgan fingerprint density at radius 1 is 1.40 bits per heavy atom. The molecular weight excluding hydrogens is 275 g/mol. The predicted molar refractivity (Wildman–Crippen MR) is 67.5 cm³/mol. The van der Waals surface area contributed by atoms with Crippen molar-refractivity contribution in [3.8, 4) is 0 Å². The van der Waals surface area contributed by atoms with Crippen molar-refractivity contribution < 1.29 is 18.1 Å². The highest BCUT2D eigenvalue weighted by atomic mass is 19.4. The monoisotopic (exact) mass is 289 g/mol. The smallest absolute Gasteiger partial charge is 0.369 e. The molecule has 1 aliphatic rings. The first-order valence-electron chi connectivity index (χ1n) is 6.15. The van der Waals surface area contributed by atoms with Crippen molar-refractivity contribution in [1.29, 1.82) is 0 Å². The normalized spacial score (nSPS) is 20.0. The van der Waals surface area contributed by atoms with Crippen LogP contribution in [0.2, 0.25) is 0 Å². The number of halogens is 3. The lowest BCUT2D eigenvalue weighted by atomic mass is 10.0. The van der Waals surface area contributed by atoms with Crippen molar-refractivity contribution in [2.24, 2.45) is 5.73 Å². The molecule has 0 bridgehead atoms. The highest BCUT2D eigenvalue weighted by Crippen LogP contribution is 2.39. The molecular formula is C12H14F3N3O2. The molecule has 20 heavy (non-hydrogen) atoms. The first-order valence-corrected chi connectivity index (χ1v) is 6.15. The van der Waals surface area contributed by atoms with Crippen LogP contribution in [0.25, 0.3) is 0 Å². The summed E-state index contributed by atoms with van der Waals surface area (Å²) in [4.78, 5) is 11.3. The van der Waals surface area contributed by atoms with E-state index >= 15 is 0 Å². The van der Waals surface area contributed by atoms with Gasteiger partial charge in [-0.05, 0) is 18.9 Å². The van der Waals surface area contributed by atoms with Crippen molar-refractivity contribution in [1.82, 2.24) is 0 Å². The van der Waals surface area contributed by atoms with Crippen LogP contribution in [0.3, 0.4) is 0 Å². The standard InChI is InChI=1S/C12H14F3N3O2/c13-12(14,15)10-6-9(18(19)20)3-4-11(10)17-5-1-2-8(16)7-17/h3-4,6,8H,1-2,5,7,16H2. The Morgan fingerprint density at radius 2 is 2.10 bits per heavy atom. The summed E-state index contributed by atoms with van der Waals surface area (Å²) in [6, 6.07) is 2.64. The fourth-order valence-corrected chi connectivity index (χ4v) is 2.37. The molecule has 8 heteroatoms. The van der Waals surface area contributed by atoms with E-state index in [0.717, 1.165) is 18.6 Å². The highest BCUT2D eigenvalue weighted by molar-refractivity contribution is 5.59. The van der Waals surface area contributed by atoms with E-state index in [-0.39, 0.29) is 11.7 Å². The van der Waals surface area contributed by atoms with E-state index in [9.17, 15) is 23.3 Å². The summed E-state index contributed by atoms with van der Waals surface area (Å²) in [7, 11) is 0. The van der Waals surface area contributed by atoms with Crippen LogP contribution in [0.1, 0.15) is 18.4 Å². The van der Waals surface area contributed by atoms with Gasteiger partial charge in [-0.3, -0.25) is 10.1 Å². The quantitative estimate of drug-likeness (QED) is 0.670. The van der Waals surface area contributed by atoms with Crippen LogP contribution in [0.15, 0.2) is 18.2 Å². The zero-order valence-electron chi connectivity index (χ0n) is 10.6. The van der Waals surface area contributed by atoms with Gasteiger partial charge in [0, 0.05) is 37.0 Å². The van der Waals surface area contributed by atoms with Crippen LogP contribution in [0, 0.1) is 10.1 Å². The van der Waals surface area contributed by atoms with Crippen molar-refractivity contribution in [3.63, 3.8) is 0 Å².